The van der Waals surface area contributed by atoms with Gasteiger partial charge in [0.2, 0.25) is 0 Å². The zero-order chi connectivity index (χ0) is 7.28. The first-order chi connectivity index (χ1) is 4.22. The van der Waals surface area contributed by atoms with Gasteiger partial charge in [-0.15, -0.1) is 0 Å². The van der Waals surface area contributed by atoms with Crippen LogP contribution in [0, 0.1) is 0 Å². The Morgan fingerprint density at radius 2 is 1.89 bits per heavy atom. The highest BCUT2D eigenvalue weighted by atomic mass is 14.7. The normalized spacial score (nSPS) is 13.4. The zero-order valence-electron chi connectivity index (χ0n) is 5.59. The van der Waals surface area contributed by atoms with Gasteiger partial charge in [0.05, 0.1) is 11.4 Å². The van der Waals surface area contributed by atoms with Crippen molar-refractivity contribution in [3.05, 3.63) is 36.2 Å². The summed E-state index contributed by atoms with van der Waals surface area (Å²) < 4.78 is 0. The summed E-state index contributed by atoms with van der Waals surface area (Å²) in [6.07, 6.45) is 5.01. The molecule has 0 aliphatic rings. The van der Waals surface area contributed by atoms with Gasteiger partial charge in [-0.2, -0.15) is 0 Å². The van der Waals surface area contributed by atoms with E-state index in [1.54, 1.807) is 18.2 Å². The van der Waals surface area contributed by atoms with E-state index in [2.05, 4.69) is 6.58 Å². The summed E-state index contributed by atoms with van der Waals surface area (Å²) in [6.45, 7) is 5.31. The molecular weight excluding hydrogens is 112 g/mol. The maximum absolute atomic E-state index is 5.43. The fraction of sp³-hybridized carbons (Fsp3) is 0.143. The molecule has 0 unspecified atom stereocenters. The monoisotopic (exact) mass is 124 g/mol. The predicted octanol–water partition coefficient (Wildman–Crippen LogP) is 0.878. The Morgan fingerprint density at radius 3 is 2.22 bits per heavy atom. The molecule has 0 heterocycles. The maximum Gasteiger partial charge on any atom is 0.0544 e. The Morgan fingerprint density at radius 1 is 1.33 bits per heavy atom. The first-order valence-electron chi connectivity index (χ1n) is 2.72. The van der Waals surface area contributed by atoms with Crippen LogP contribution in [0.1, 0.15) is 6.92 Å². The molecule has 2 nitrogen and oxygen atoms in total. The molecule has 0 saturated carbocycles. The van der Waals surface area contributed by atoms with E-state index in [9.17, 15) is 0 Å². The van der Waals surface area contributed by atoms with Crippen LogP contribution in [0.5, 0.6) is 0 Å². The zero-order valence-corrected chi connectivity index (χ0v) is 5.59. The van der Waals surface area contributed by atoms with E-state index in [1.807, 2.05) is 6.92 Å². The fourth-order valence-electron chi connectivity index (χ4n) is 0.390. The van der Waals surface area contributed by atoms with Crippen molar-refractivity contribution in [1.29, 1.82) is 0 Å². The first kappa shape index (κ1) is 7.82. The average molecular weight is 124 g/mol. The summed E-state index contributed by atoms with van der Waals surface area (Å²) >= 11 is 0. The van der Waals surface area contributed by atoms with Crippen LogP contribution in [0.15, 0.2) is 36.2 Å². The molecule has 0 aliphatic carbocycles. The van der Waals surface area contributed by atoms with Gasteiger partial charge in [-0.1, -0.05) is 18.7 Å². The number of rotatable bonds is 2. The first-order valence-corrected chi connectivity index (χ1v) is 2.72. The van der Waals surface area contributed by atoms with Crippen LogP contribution in [0.4, 0.5) is 0 Å². The van der Waals surface area contributed by atoms with E-state index in [1.165, 1.54) is 0 Å². The Labute approximate surface area is 55.5 Å². The highest BCUT2D eigenvalue weighted by Gasteiger charge is 1.87. The van der Waals surface area contributed by atoms with Crippen molar-refractivity contribution in [3.63, 3.8) is 0 Å². The Hall–Kier alpha value is -1.18. The van der Waals surface area contributed by atoms with Gasteiger partial charge in [0, 0.05) is 0 Å². The number of hydrogen-bond donors (Lipinski definition) is 2. The van der Waals surface area contributed by atoms with Gasteiger partial charge in [-0.25, -0.2) is 0 Å². The third-order valence-electron chi connectivity index (χ3n) is 0.942. The van der Waals surface area contributed by atoms with E-state index >= 15 is 0 Å². The van der Waals surface area contributed by atoms with E-state index in [-0.39, 0.29) is 0 Å². The van der Waals surface area contributed by atoms with E-state index < -0.39 is 0 Å². The third-order valence-corrected chi connectivity index (χ3v) is 0.942. The quantitative estimate of drug-likeness (QED) is 0.537. The highest BCUT2D eigenvalue weighted by Crippen LogP contribution is 1.93. The lowest BCUT2D eigenvalue weighted by molar-refractivity contribution is 1.23. The highest BCUT2D eigenvalue weighted by molar-refractivity contribution is 5.27. The van der Waals surface area contributed by atoms with Crippen LogP contribution in [0.25, 0.3) is 0 Å². The molecule has 0 amide bonds. The van der Waals surface area contributed by atoms with Gasteiger partial charge < -0.3 is 11.5 Å². The predicted molar refractivity (Wildman–Crippen MR) is 40.4 cm³/mol. The van der Waals surface area contributed by atoms with Gasteiger partial charge in [-0.05, 0) is 13.0 Å². The molecule has 0 fully saturated rings. The molecule has 0 saturated heterocycles. The molecule has 0 rings (SSSR count). The fourth-order valence-corrected chi connectivity index (χ4v) is 0.390. The number of hydrogen-bond acceptors (Lipinski definition) is 2. The molecule has 0 aromatic heterocycles. The van der Waals surface area contributed by atoms with Crippen LogP contribution in [-0.4, -0.2) is 0 Å². The lowest BCUT2D eigenvalue weighted by Gasteiger charge is -1.96. The minimum absolute atomic E-state index is 0.563. The van der Waals surface area contributed by atoms with Gasteiger partial charge in [0.1, 0.15) is 0 Å². The second-order valence-corrected chi connectivity index (χ2v) is 1.60. The summed E-state index contributed by atoms with van der Waals surface area (Å²) in [5.41, 5.74) is 12.0. The maximum atomic E-state index is 5.43. The van der Waals surface area contributed by atoms with Crippen molar-refractivity contribution >= 4 is 0 Å². The lowest BCUT2D eigenvalue weighted by Crippen LogP contribution is -2.07. The van der Waals surface area contributed by atoms with Crippen LogP contribution in [0.2, 0.25) is 0 Å². The molecule has 9 heavy (non-hydrogen) atoms. The summed E-state index contributed by atoms with van der Waals surface area (Å²) in [7, 11) is 0. The average Bonchev–Trinajstić information content (AvgIpc) is 1.87. The Balaban J connectivity index is 4.19. The molecule has 0 atom stereocenters. The van der Waals surface area contributed by atoms with Gasteiger partial charge in [-0.3, -0.25) is 0 Å². The van der Waals surface area contributed by atoms with Gasteiger partial charge in [0.25, 0.3) is 0 Å². The summed E-state index contributed by atoms with van der Waals surface area (Å²) in [6, 6.07) is 0. The van der Waals surface area contributed by atoms with Gasteiger partial charge in [0.15, 0.2) is 0 Å². The Bertz CT molecular complexity index is 154. The smallest absolute Gasteiger partial charge is 0.0544 e. The molecule has 0 aromatic carbocycles. The van der Waals surface area contributed by atoms with Crippen LogP contribution in [-0.2, 0) is 0 Å². The van der Waals surface area contributed by atoms with Crippen LogP contribution < -0.4 is 11.5 Å². The van der Waals surface area contributed by atoms with Crippen molar-refractivity contribution in [3.8, 4) is 0 Å². The molecule has 4 N–H and O–H groups in total. The van der Waals surface area contributed by atoms with Crippen molar-refractivity contribution in [2.45, 2.75) is 6.92 Å². The summed E-state index contributed by atoms with van der Waals surface area (Å²) in [4.78, 5) is 0. The van der Waals surface area contributed by atoms with Crippen molar-refractivity contribution < 1.29 is 0 Å². The lowest BCUT2D eigenvalue weighted by atomic mass is 10.3. The summed E-state index contributed by atoms with van der Waals surface area (Å²) in [5.74, 6) is 0. The van der Waals surface area contributed by atoms with E-state index in [0.717, 1.165) is 0 Å². The molecule has 2 heteroatoms. The molecule has 0 bridgehead atoms. The topological polar surface area (TPSA) is 52.0 Å². The van der Waals surface area contributed by atoms with Crippen molar-refractivity contribution in [2.24, 2.45) is 11.5 Å². The molecule has 50 valence electrons. The molecule has 0 radical (unpaired) electrons. The summed E-state index contributed by atoms with van der Waals surface area (Å²) in [5, 5.41) is 0. The second kappa shape index (κ2) is 3.78. The van der Waals surface area contributed by atoms with Crippen LogP contribution in [0.3, 0.4) is 0 Å². The minimum Gasteiger partial charge on any atom is -0.397 e. The number of nitrogens with two attached hydrogens (primary N) is 2. The SMILES string of the molecule is C=C/C=C(N)\C(N)=C/C. The molecule has 0 aromatic rings. The molecule has 0 spiro atoms. The van der Waals surface area contributed by atoms with Gasteiger partial charge >= 0.3 is 0 Å². The molecular formula is C7H12N2. The van der Waals surface area contributed by atoms with Crippen LogP contribution >= 0.6 is 0 Å². The van der Waals surface area contributed by atoms with Crippen molar-refractivity contribution in [2.75, 3.05) is 0 Å². The van der Waals surface area contributed by atoms with E-state index in [4.69, 9.17) is 11.5 Å². The largest absolute Gasteiger partial charge is 0.397 e. The number of allylic oxidation sites excluding steroid dienone is 3. The molecule has 0 aliphatic heterocycles. The Kier molecular flexibility index (Phi) is 3.28. The minimum atomic E-state index is 0.563. The standard InChI is InChI=1S/C7H12N2/c1-3-5-7(9)6(8)4-2/h3-5H,1,8-9H2,2H3/b6-4+,7-5+. The third kappa shape index (κ3) is 2.59. The second-order valence-electron chi connectivity index (χ2n) is 1.60. The van der Waals surface area contributed by atoms with Crippen molar-refractivity contribution in [1.82, 2.24) is 0 Å². The van der Waals surface area contributed by atoms with E-state index in [0.29, 0.717) is 11.4 Å².